The van der Waals surface area contributed by atoms with Gasteiger partial charge in [0, 0.05) is 12.6 Å². The second-order valence-electron chi connectivity index (χ2n) is 10.3. The molecule has 4 N–H and O–H groups in total. The normalized spacial score (nSPS) is 38.8. The number of aromatic amines is 1. The van der Waals surface area contributed by atoms with Crippen LogP contribution in [0.15, 0.2) is 22.4 Å². The third kappa shape index (κ3) is 5.73. The lowest BCUT2D eigenvalue weighted by molar-refractivity contribution is -0.0435. The maximum absolute atomic E-state index is 16.0. The number of Topliss-reactive ketones (excluding diaryl/α,β-unsaturated/α-hetero) is 1. The number of H-pyrrole nitrogens is 1. The molecule has 0 amide bonds. The van der Waals surface area contributed by atoms with Crippen LogP contribution in [-0.2, 0) is 32.0 Å². The number of carbonyl (C=O) groups is 1. The molecule has 0 aliphatic carbocycles. The summed E-state index contributed by atoms with van der Waals surface area (Å²) in [5.74, 6) is -0.460. The number of nitrogens with two attached hydrogens (primary N) is 1. The van der Waals surface area contributed by atoms with Gasteiger partial charge in [-0.05, 0) is 0 Å². The van der Waals surface area contributed by atoms with Crippen LogP contribution in [0.5, 0.6) is 0 Å². The summed E-state index contributed by atoms with van der Waals surface area (Å²) in [5.41, 5.74) is 5.13. The number of thiol groups is 2. The van der Waals surface area contributed by atoms with Gasteiger partial charge < -0.3 is 15.6 Å². The molecule has 7 heterocycles. The largest absolute Gasteiger partial charge is 0.389 e. The summed E-state index contributed by atoms with van der Waals surface area (Å²) >= 11 is 9.13. The zero-order valence-corrected chi connectivity index (χ0v) is 26.8. The van der Waals surface area contributed by atoms with Gasteiger partial charge in [-0.15, -0.1) is 11.8 Å². The number of nitrogen functional groups attached to an aromatic ring is 1. The number of aliphatic hydroxyl groups excluding tert-OH is 1. The van der Waals surface area contributed by atoms with E-state index in [0.717, 1.165) is 11.8 Å². The number of fused-ring (bicyclic) bond motifs is 5. The van der Waals surface area contributed by atoms with E-state index in [1.54, 1.807) is 0 Å². The molecule has 10 atom stereocenters. The summed E-state index contributed by atoms with van der Waals surface area (Å²) in [7, 11) is 0. The van der Waals surface area contributed by atoms with Crippen LogP contribution < -0.4 is 11.3 Å². The van der Waals surface area contributed by atoms with Gasteiger partial charge in [-0.25, -0.2) is 28.5 Å². The van der Waals surface area contributed by atoms with Gasteiger partial charge in [0.15, 0.2) is 40.9 Å². The van der Waals surface area contributed by atoms with Crippen molar-refractivity contribution < 1.29 is 46.3 Å². The Balaban J connectivity index is 1.20. The molecule has 24 heteroatoms. The number of alkyl halides is 1. The smallest absolute Gasteiger partial charge is 0.386 e. The van der Waals surface area contributed by atoms with E-state index in [4.69, 9.17) is 28.6 Å². The number of aromatic nitrogens is 6. The predicted octanol–water partition coefficient (Wildman–Crippen LogP) is 1.99. The standard InChI is InChI=1S/C21H23FN8O10P2S3/c22-10-14-8(38-19(10)29-5-25-11-7(31)1-2-24-16(11)29)3-36-41(34,43)40-15-13(32)9(4-37-42(35,44)39-14)45-20(15)30-6-26-12-17(30)27-21(23)28-18(12)33/h2,5-6,8-10,13-15,19-20,32H,1,3-4H2,(H,34,43)(H,35,44)(H3,23,27,28,33)/t8-,9-,10+,13-,14-,15-,19-,20-,41-,42-/m1/s1. The lowest BCUT2D eigenvalue weighted by atomic mass is 10.1. The molecule has 2 bridgehead atoms. The number of aliphatic imine (C=N–C) groups is 1. The fourth-order valence-electron chi connectivity index (χ4n) is 5.38. The molecule has 3 aromatic rings. The molecule has 45 heavy (non-hydrogen) atoms. The van der Waals surface area contributed by atoms with E-state index < -0.39 is 79.8 Å². The first-order valence-corrected chi connectivity index (χ1v) is 19.4. The van der Waals surface area contributed by atoms with Crippen molar-refractivity contribution in [1.82, 2.24) is 29.1 Å². The molecule has 4 aliphatic rings. The Morgan fingerprint density at radius 2 is 1.80 bits per heavy atom. The second-order valence-corrected chi connectivity index (χ2v) is 17.4. The van der Waals surface area contributed by atoms with E-state index >= 15 is 4.39 Å². The Morgan fingerprint density at radius 3 is 2.58 bits per heavy atom. The number of halogens is 1. The number of aliphatic hydroxyl groups is 1. The van der Waals surface area contributed by atoms with Gasteiger partial charge in [0.2, 0.25) is 5.95 Å². The number of hydrogen-bond donors (Lipinski definition) is 5. The number of ether oxygens (including phenoxy) is 1. The van der Waals surface area contributed by atoms with Crippen LogP contribution in [0, 0.1) is 0 Å². The highest BCUT2D eigenvalue weighted by Crippen LogP contribution is 2.62. The van der Waals surface area contributed by atoms with Gasteiger partial charge in [0.25, 0.3) is 5.56 Å². The summed E-state index contributed by atoms with van der Waals surface area (Å²) in [5, 5.41) is 9.36. The number of imidazole rings is 2. The van der Waals surface area contributed by atoms with Crippen molar-refractivity contribution in [2.75, 3.05) is 18.9 Å². The summed E-state index contributed by atoms with van der Waals surface area (Å²) in [4.78, 5) is 43.3. The fraction of sp³-hybridized carbons (Fsp3) is 0.524. The van der Waals surface area contributed by atoms with Crippen LogP contribution in [0.2, 0.25) is 0 Å². The van der Waals surface area contributed by atoms with Gasteiger partial charge in [-0.2, -0.15) is 4.98 Å². The van der Waals surface area contributed by atoms with Crippen molar-refractivity contribution in [3.05, 3.63) is 28.7 Å². The van der Waals surface area contributed by atoms with Crippen LogP contribution >= 0.6 is 49.9 Å². The highest BCUT2D eigenvalue weighted by atomic mass is 32.7. The Hall–Kier alpha value is -2.10. The topological polar surface area (TPSA) is 237 Å². The van der Waals surface area contributed by atoms with Crippen molar-refractivity contribution >= 4 is 84.8 Å². The van der Waals surface area contributed by atoms with Crippen molar-refractivity contribution in [2.45, 2.75) is 53.9 Å². The molecule has 18 nitrogen and oxygen atoms in total. The van der Waals surface area contributed by atoms with E-state index in [1.807, 2.05) is 0 Å². The summed E-state index contributed by atoms with van der Waals surface area (Å²) in [6.45, 7) is -9.82. The minimum Gasteiger partial charge on any atom is -0.389 e. The second kappa shape index (κ2) is 11.6. The Labute approximate surface area is 266 Å². The van der Waals surface area contributed by atoms with E-state index in [-0.39, 0.29) is 40.8 Å². The minimum absolute atomic E-state index is 0.0262. The van der Waals surface area contributed by atoms with E-state index in [0.29, 0.717) is 0 Å². The van der Waals surface area contributed by atoms with Gasteiger partial charge in [0.05, 0.1) is 37.2 Å². The number of anilines is 1. The molecule has 0 saturated carbocycles. The van der Waals surface area contributed by atoms with E-state index in [2.05, 4.69) is 49.4 Å². The lowest BCUT2D eigenvalue weighted by Crippen LogP contribution is -2.35. The van der Waals surface area contributed by atoms with Gasteiger partial charge in [0.1, 0.15) is 23.7 Å². The average molecular weight is 725 g/mol. The summed E-state index contributed by atoms with van der Waals surface area (Å²) in [6, 6.07) is 0. The predicted molar refractivity (Wildman–Crippen MR) is 162 cm³/mol. The van der Waals surface area contributed by atoms with E-state index in [1.165, 1.54) is 28.0 Å². The number of ketones is 1. The Bertz CT molecular complexity index is 1880. The molecule has 0 aromatic carbocycles. The number of nitrogens with one attached hydrogen (secondary N) is 1. The maximum Gasteiger partial charge on any atom is 0.386 e. The van der Waals surface area contributed by atoms with Crippen molar-refractivity contribution in [2.24, 2.45) is 4.99 Å². The van der Waals surface area contributed by atoms with Crippen LogP contribution in [0.4, 0.5) is 16.2 Å². The molecule has 3 saturated heterocycles. The van der Waals surface area contributed by atoms with Crippen LogP contribution in [0.25, 0.3) is 11.2 Å². The first-order valence-electron chi connectivity index (χ1n) is 13.1. The molecule has 242 valence electrons. The number of rotatable bonds is 2. The molecule has 0 radical (unpaired) electrons. The highest BCUT2D eigenvalue weighted by Gasteiger charge is 2.54. The van der Waals surface area contributed by atoms with Gasteiger partial charge >= 0.3 is 13.6 Å². The van der Waals surface area contributed by atoms with Gasteiger partial charge in [-0.1, -0.05) is 24.5 Å². The van der Waals surface area contributed by atoms with Crippen LogP contribution in [0.3, 0.4) is 0 Å². The number of thioether (sulfide) groups is 1. The number of nitrogens with zero attached hydrogens (tertiary/aromatic N) is 6. The Morgan fingerprint density at radius 1 is 1.09 bits per heavy atom. The van der Waals surface area contributed by atoms with Crippen molar-refractivity contribution in [3.63, 3.8) is 0 Å². The molecular formula is C21H23FN8O10P2S3. The van der Waals surface area contributed by atoms with Crippen LogP contribution in [-0.4, -0.2) is 95.2 Å². The van der Waals surface area contributed by atoms with E-state index in [9.17, 15) is 23.8 Å². The fourth-order valence-corrected chi connectivity index (χ4v) is 10.0. The SMILES string of the molecule is Nc1nc2c(ncn2[C@@H]2S[C@@H]3CO[P@@](=O)(S)O[C@H]4[C@H](F)[C@H](n5cnc6c5N=CCC6=O)O[C@@H]4CO[P@@](=O)(S)O[C@@H]2[C@@H]3O)c(=O)[nH]1. The summed E-state index contributed by atoms with van der Waals surface area (Å²) in [6.07, 6.45) is -5.46. The maximum atomic E-state index is 16.0. The molecule has 0 unspecified atom stereocenters. The zero-order chi connectivity index (χ0) is 31.8. The van der Waals surface area contributed by atoms with Gasteiger partial charge in [-0.3, -0.25) is 41.8 Å². The van der Waals surface area contributed by atoms with Crippen molar-refractivity contribution in [3.8, 4) is 0 Å². The molecule has 3 fully saturated rings. The third-order valence-corrected chi connectivity index (χ3v) is 12.2. The number of carbonyl (C=O) groups excluding carboxylic acids is 1. The lowest BCUT2D eigenvalue weighted by Gasteiger charge is -2.26. The first kappa shape index (κ1) is 31.5. The molecule has 0 spiro atoms. The quantitative estimate of drug-likeness (QED) is 0.188. The molecule has 4 aliphatic heterocycles. The third-order valence-electron chi connectivity index (χ3n) is 7.41. The Kier molecular flexibility index (Phi) is 8.08. The molecular weight excluding hydrogens is 701 g/mol. The average Bonchev–Trinajstić information content (AvgIpc) is 3.72. The molecule has 3 aromatic heterocycles. The van der Waals surface area contributed by atoms with Crippen molar-refractivity contribution in [1.29, 1.82) is 0 Å². The summed E-state index contributed by atoms with van der Waals surface area (Å²) < 4.78 is 73.6. The van der Waals surface area contributed by atoms with Crippen LogP contribution in [0.1, 0.15) is 28.5 Å². The highest BCUT2D eigenvalue weighted by molar-refractivity contribution is 8.44. The number of hydrogen-bond acceptors (Lipinski definition) is 16. The first-order chi connectivity index (χ1) is 21.3. The zero-order valence-electron chi connectivity index (χ0n) is 22.4. The molecule has 7 rings (SSSR count). The minimum atomic E-state index is -4.36. The monoisotopic (exact) mass is 724 g/mol.